The van der Waals surface area contributed by atoms with Crippen LogP contribution in [0.4, 0.5) is 11.4 Å². The zero-order valence-electron chi connectivity index (χ0n) is 15.1. The van der Waals surface area contributed by atoms with Gasteiger partial charge in [-0.05, 0) is 36.4 Å². The largest absolute Gasteiger partial charge is 0.453 e. The average Bonchev–Trinajstić information content (AvgIpc) is 2.70. The first kappa shape index (κ1) is 22.7. The van der Waals surface area contributed by atoms with Gasteiger partial charge in [0.2, 0.25) is 0 Å². The second-order valence-electron chi connectivity index (χ2n) is 5.92. The van der Waals surface area contributed by atoms with Crippen LogP contribution in [0.3, 0.4) is 0 Å². The molecule has 0 aromatic heterocycles. The van der Waals surface area contributed by atoms with Crippen molar-refractivity contribution in [1.82, 2.24) is 0 Å². The van der Waals surface area contributed by atoms with Crippen LogP contribution < -0.4 is 9.04 Å². The van der Waals surface area contributed by atoms with E-state index < -0.39 is 15.9 Å². The third-order valence-corrected chi connectivity index (χ3v) is 6.37. The number of hydrogen-bond acceptors (Lipinski definition) is 4. The van der Waals surface area contributed by atoms with Crippen molar-refractivity contribution in [3.63, 3.8) is 0 Å². The summed E-state index contributed by atoms with van der Waals surface area (Å²) in [4.78, 5) is 10.6. The van der Waals surface area contributed by atoms with Crippen LogP contribution in [0.15, 0.2) is 59.5 Å². The topological polar surface area (TPSA) is 72.7 Å². The smallest absolute Gasteiger partial charge is 0.271 e. The molecule has 0 fully saturated rings. The van der Waals surface area contributed by atoms with Gasteiger partial charge in [-0.3, -0.25) is 14.4 Å². The van der Waals surface area contributed by atoms with Gasteiger partial charge in [-0.25, -0.2) is 4.21 Å². The van der Waals surface area contributed by atoms with E-state index >= 15 is 0 Å². The summed E-state index contributed by atoms with van der Waals surface area (Å²) in [6.45, 7) is 0. The number of benzene rings is 3. The van der Waals surface area contributed by atoms with Crippen LogP contribution in [0, 0.1) is 10.1 Å². The zero-order valence-corrected chi connectivity index (χ0v) is 19.0. The molecule has 0 aliphatic heterocycles. The van der Waals surface area contributed by atoms with Gasteiger partial charge in [0.05, 0.1) is 30.6 Å². The molecule has 0 aliphatic rings. The average molecular weight is 506 g/mol. The van der Waals surface area contributed by atoms with Crippen molar-refractivity contribution in [2.45, 2.75) is 4.90 Å². The first-order chi connectivity index (χ1) is 14.2. The number of non-ortho nitro benzene ring substituents is 1. The Bertz CT molecular complexity index is 1140. The van der Waals surface area contributed by atoms with Crippen molar-refractivity contribution in [3.8, 4) is 11.5 Å². The summed E-state index contributed by atoms with van der Waals surface area (Å²) in [6.07, 6.45) is 0. The molecule has 0 bridgehead atoms. The predicted octanol–water partition coefficient (Wildman–Crippen LogP) is 7.16. The molecule has 0 heterocycles. The molecule has 3 aromatic rings. The fraction of sp³-hybridized carbons (Fsp3) is 0.0526. The Balaban J connectivity index is 1.88. The molecule has 0 saturated heterocycles. The Kier molecular flexibility index (Phi) is 7.10. The van der Waals surface area contributed by atoms with E-state index in [-0.39, 0.29) is 32.3 Å². The van der Waals surface area contributed by atoms with Crippen molar-refractivity contribution in [2.75, 3.05) is 11.4 Å². The minimum atomic E-state index is -1.63. The maximum atomic E-state index is 12.9. The van der Waals surface area contributed by atoms with Gasteiger partial charge in [0.25, 0.3) is 5.69 Å². The third kappa shape index (κ3) is 4.99. The van der Waals surface area contributed by atoms with E-state index in [1.165, 1.54) is 28.6 Å². The van der Waals surface area contributed by atoms with Crippen LogP contribution in [0.25, 0.3) is 0 Å². The highest BCUT2D eigenvalue weighted by Crippen LogP contribution is 2.41. The van der Waals surface area contributed by atoms with Gasteiger partial charge in [0.1, 0.15) is 5.75 Å². The summed E-state index contributed by atoms with van der Waals surface area (Å²) < 4.78 is 20.1. The van der Waals surface area contributed by atoms with E-state index in [0.717, 1.165) is 6.07 Å². The maximum Gasteiger partial charge on any atom is 0.271 e. The van der Waals surface area contributed by atoms with E-state index in [2.05, 4.69) is 0 Å². The van der Waals surface area contributed by atoms with Crippen LogP contribution in [-0.4, -0.2) is 16.2 Å². The van der Waals surface area contributed by atoms with Gasteiger partial charge in [0.15, 0.2) is 16.7 Å². The monoisotopic (exact) mass is 504 g/mol. The van der Waals surface area contributed by atoms with Crippen molar-refractivity contribution < 1.29 is 13.9 Å². The second-order valence-corrected chi connectivity index (χ2v) is 9.09. The highest BCUT2D eigenvalue weighted by Gasteiger charge is 2.19. The lowest BCUT2D eigenvalue weighted by Gasteiger charge is -2.19. The number of nitro groups is 1. The lowest BCUT2D eigenvalue weighted by atomic mass is 10.3. The minimum absolute atomic E-state index is 0.0182. The van der Waals surface area contributed by atoms with Gasteiger partial charge in [-0.2, -0.15) is 0 Å². The SMILES string of the molecule is CN(c1cccc(Cl)c1)S(=O)c1cc(Cl)c(Oc2ccc([N+](=O)[O-])cc2Cl)c(Cl)c1. The number of ether oxygens (including phenoxy) is 1. The Hall–Kier alpha value is -2.03. The van der Waals surface area contributed by atoms with Crippen LogP contribution in [0.5, 0.6) is 11.5 Å². The Morgan fingerprint density at radius 2 is 1.63 bits per heavy atom. The summed E-state index contributed by atoms with van der Waals surface area (Å²) >= 11 is 24.7. The summed E-state index contributed by atoms with van der Waals surface area (Å²) in [5.41, 5.74) is 0.463. The summed E-state index contributed by atoms with van der Waals surface area (Å²) in [7, 11) is 0.0172. The molecule has 6 nitrogen and oxygen atoms in total. The van der Waals surface area contributed by atoms with Gasteiger partial charge in [-0.15, -0.1) is 0 Å². The number of rotatable bonds is 6. The molecule has 0 radical (unpaired) electrons. The van der Waals surface area contributed by atoms with E-state index in [1.54, 1.807) is 31.3 Å². The molecule has 156 valence electrons. The van der Waals surface area contributed by atoms with Crippen LogP contribution >= 0.6 is 46.4 Å². The van der Waals surface area contributed by atoms with Crippen LogP contribution in [-0.2, 0) is 11.0 Å². The van der Waals surface area contributed by atoms with Crippen molar-refractivity contribution in [3.05, 3.63) is 84.8 Å². The normalized spacial score (nSPS) is 11.8. The van der Waals surface area contributed by atoms with E-state index in [4.69, 9.17) is 51.1 Å². The van der Waals surface area contributed by atoms with E-state index in [1.807, 2.05) is 0 Å². The zero-order chi connectivity index (χ0) is 22.0. The van der Waals surface area contributed by atoms with Gasteiger partial charge >= 0.3 is 0 Å². The lowest BCUT2D eigenvalue weighted by Crippen LogP contribution is -2.20. The van der Waals surface area contributed by atoms with Gasteiger partial charge in [0, 0.05) is 24.2 Å². The van der Waals surface area contributed by atoms with Crippen LogP contribution in [0.1, 0.15) is 0 Å². The number of hydrogen-bond donors (Lipinski definition) is 0. The summed E-state index contributed by atoms with van der Waals surface area (Å²) in [5.74, 6) is 0.219. The number of nitrogens with zero attached hydrogens (tertiary/aromatic N) is 2. The molecule has 0 aliphatic carbocycles. The molecular formula is C19H12Cl4N2O4S. The molecule has 1 atom stereocenters. The first-order valence-electron chi connectivity index (χ1n) is 8.19. The molecule has 0 spiro atoms. The Morgan fingerprint density at radius 3 is 2.20 bits per heavy atom. The lowest BCUT2D eigenvalue weighted by molar-refractivity contribution is -0.384. The van der Waals surface area contributed by atoms with E-state index in [9.17, 15) is 14.3 Å². The fourth-order valence-electron chi connectivity index (χ4n) is 2.46. The predicted molar refractivity (Wildman–Crippen MR) is 121 cm³/mol. The molecule has 30 heavy (non-hydrogen) atoms. The number of halogens is 4. The number of nitro benzene ring substituents is 1. The van der Waals surface area contributed by atoms with Crippen molar-refractivity contribution >= 4 is 68.8 Å². The summed E-state index contributed by atoms with van der Waals surface area (Å²) in [5, 5.41) is 11.6. The van der Waals surface area contributed by atoms with Crippen molar-refractivity contribution in [1.29, 1.82) is 0 Å². The Morgan fingerprint density at radius 1 is 0.967 bits per heavy atom. The minimum Gasteiger partial charge on any atom is -0.453 e. The fourth-order valence-corrected chi connectivity index (χ4v) is 4.61. The Labute approximate surface area is 194 Å². The molecule has 0 amide bonds. The second kappa shape index (κ2) is 9.41. The number of anilines is 1. The quantitative estimate of drug-likeness (QED) is 0.263. The molecule has 3 aromatic carbocycles. The molecule has 1 unspecified atom stereocenters. The highest BCUT2D eigenvalue weighted by molar-refractivity contribution is 7.86. The highest BCUT2D eigenvalue weighted by atomic mass is 35.5. The molecular weight excluding hydrogens is 494 g/mol. The summed E-state index contributed by atoms with van der Waals surface area (Å²) in [6, 6.07) is 13.6. The van der Waals surface area contributed by atoms with E-state index in [0.29, 0.717) is 15.6 Å². The van der Waals surface area contributed by atoms with Gasteiger partial charge < -0.3 is 4.74 Å². The first-order valence-corrected chi connectivity index (χ1v) is 10.8. The third-order valence-electron chi connectivity index (χ3n) is 3.93. The molecule has 0 N–H and O–H groups in total. The molecule has 3 rings (SSSR count). The maximum absolute atomic E-state index is 12.9. The standard InChI is InChI=1S/C19H12Cl4N2O4S/c1-24(12-4-2-3-11(20)7-12)30(28)14-9-16(22)19(17(23)10-14)29-18-6-5-13(25(26)27)8-15(18)21/h2-10H,1H3. The van der Waals surface area contributed by atoms with Crippen LogP contribution in [0.2, 0.25) is 20.1 Å². The molecule has 0 saturated carbocycles. The molecule has 11 heteroatoms. The van der Waals surface area contributed by atoms with Gasteiger partial charge in [-0.1, -0.05) is 52.5 Å². The van der Waals surface area contributed by atoms with Crippen molar-refractivity contribution in [2.24, 2.45) is 0 Å².